The highest BCUT2D eigenvalue weighted by atomic mass is 32.1. The number of thiophene rings is 1. The maximum atomic E-state index is 14.2. The van der Waals surface area contributed by atoms with Crippen molar-refractivity contribution in [2.45, 2.75) is 52.7 Å². The Morgan fingerprint density at radius 2 is 1.77 bits per heavy atom. The fraction of sp³-hybridized carbons (Fsp3) is 0.323. The van der Waals surface area contributed by atoms with Gasteiger partial charge < -0.3 is 20.7 Å². The molecule has 3 heterocycles. The van der Waals surface area contributed by atoms with Crippen molar-refractivity contribution in [1.29, 1.82) is 5.26 Å². The Morgan fingerprint density at radius 1 is 1.13 bits per heavy atom. The number of aryl methyl sites for hydroxylation is 1. The number of fused-ring (bicyclic) bond motifs is 1. The summed E-state index contributed by atoms with van der Waals surface area (Å²) in [5.74, 6) is 0.402. The van der Waals surface area contributed by atoms with Crippen molar-refractivity contribution in [3.63, 3.8) is 0 Å². The summed E-state index contributed by atoms with van der Waals surface area (Å²) in [5, 5.41) is 14.2. The van der Waals surface area contributed by atoms with E-state index < -0.39 is 0 Å². The largest absolute Gasteiger partial charge is 0.383 e. The first-order valence-electron chi connectivity index (χ1n) is 13.2. The predicted molar refractivity (Wildman–Crippen MR) is 159 cm³/mol. The Hall–Kier alpha value is -3.93. The lowest BCUT2D eigenvalue weighted by Crippen LogP contribution is -2.48. The number of amides is 1. The second kappa shape index (κ2) is 10.7. The molecule has 0 spiro atoms. The highest BCUT2D eigenvalue weighted by molar-refractivity contribution is 7.24. The molecule has 1 aliphatic heterocycles. The fourth-order valence-electron chi connectivity index (χ4n) is 5.10. The molecule has 2 aromatic heterocycles. The number of hydrogen-bond donors (Lipinski definition) is 2. The zero-order valence-electron chi connectivity index (χ0n) is 22.9. The number of aromatic nitrogens is 1. The third-order valence-corrected chi connectivity index (χ3v) is 8.17. The minimum atomic E-state index is -0.129. The van der Waals surface area contributed by atoms with Gasteiger partial charge in [0.2, 0.25) is 0 Å². The Morgan fingerprint density at radius 3 is 2.36 bits per heavy atom. The predicted octanol–water partition coefficient (Wildman–Crippen LogP) is 6.84. The van der Waals surface area contributed by atoms with Gasteiger partial charge in [0, 0.05) is 24.3 Å². The number of anilines is 3. The van der Waals surface area contributed by atoms with Crippen LogP contribution in [-0.4, -0.2) is 41.1 Å². The number of nitrogen functional groups attached to an aromatic ring is 1. The van der Waals surface area contributed by atoms with Gasteiger partial charge in [-0.05, 0) is 49.9 Å². The topological polar surface area (TPSA) is 104 Å². The number of ether oxygens (including phenoxy) is 1. The van der Waals surface area contributed by atoms with Gasteiger partial charge in [-0.3, -0.25) is 4.79 Å². The first-order valence-corrected chi connectivity index (χ1v) is 14.0. The van der Waals surface area contributed by atoms with Gasteiger partial charge in [-0.2, -0.15) is 5.26 Å². The van der Waals surface area contributed by atoms with E-state index >= 15 is 0 Å². The number of nitrogens with one attached hydrogen (secondary N) is 1. The molecule has 39 heavy (non-hydrogen) atoms. The quantitative estimate of drug-likeness (QED) is 0.288. The van der Waals surface area contributed by atoms with Crippen molar-refractivity contribution in [3.05, 3.63) is 70.8 Å². The number of hydrogen-bond acceptors (Lipinski definition) is 7. The number of nitriles is 1. The molecule has 4 aromatic rings. The van der Waals surface area contributed by atoms with Gasteiger partial charge in [-0.1, -0.05) is 55.8 Å². The van der Waals surface area contributed by atoms with Crippen molar-refractivity contribution in [2.75, 3.05) is 24.1 Å². The second-order valence-electron chi connectivity index (χ2n) is 10.6. The van der Waals surface area contributed by atoms with Crippen molar-refractivity contribution >= 4 is 44.0 Å². The maximum Gasteiger partial charge on any atom is 0.259 e. The Bertz CT molecular complexity index is 1560. The van der Waals surface area contributed by atoms with Crippen LogP contribution in [-0.2, 0) is 4.74 Å². The number of carbonyl (C=O) groups is 1. The highest BCUT2D eigenvalue weighted by Crippen LogP contribution is 2.45. The SMILES string of the molecule is Cc1ccc(-c2c(C#N)c(N)nc3c(C(=O)N4CC(C)OC(C)C4)c(Nc4ccc(C(C)C)cc4)sc23)cc1. The minimum absolute atomic E-state index is 0.0751. The summed E-state index contributed by atoms with van der Waals surface area (Å²) in [4.78, 5) is 20.6. The zero-order chi connectivity index (χ0) is 27.8. The summed E-state index contributed by atoms with van der Waals surface area (Å²) in [6.07, 6.45) is -0.150. The van der Waals surface area contributed by atoms with Crippen LogP contribution in [0.25, 0.3) is 21.3 Å². The third kappa shape index (κ3) is 5.20. The minimum Gasteiger partial charge on any atom is -0.383 e. The van der Waals surface area contributed by atoms with Crippen molar-refractivity contribution in [3.8, 4) is 17.2 Å². The monoisotopic (exact) mass is 539 g/mol. The van der Waals surface area contributed by atoms with Crippen LogP contribution in [0, 0.1) is 18.3 Å². The summed E-state index contributed by atoms with van der Waals surface area (Å²) >= 11 is 1.43. The molecular weight excluding hydrogens is 506 g/mol. The number of nitrogens with zero attached hydrogens (tertiary/aromatic N) is 3. The summed E-state index contributed by atoms with van der Waals surface area (Å²) in [5.41, 5.74) is 12.4. The Kier molecular flexibility index (Phi) is 7.30. The molecule has 0 bridgehead atoms. The molecule has 1 saturated heterocycles. The molecule has 200 valence electrons. The molecule has 2 atom stereocenters. The first kappa shape index (κ1) is 26.7. The van der Waals surface area contributed by atoms with E-state index in [0.29, 0.717) is 46.2 Å². The number of rotatable bonds is 5. The number of nitrogens with two attached hydrogens (primary N) is 1. The average molecular weight is 540 g/mol. The van der Waals surface area contributed by atoms with Gasteiger partial charge in [0.1, 0.15) is 28.0 Å². The van der Waals surface area contributed by atoms with E-state index in [1.54, 1.807) is 0 Å². The average Bonchev–Trinajstić information content (AvgIpc) is 3.24. The Balaban J connectivity index is 1.72. The smallest absolute Gasteiger partial charge is 0.259 e. The molecule has 1 fully saturated rings. The molecule has 0 aliphatic carbocycles. The lowest BCUT2D eigenvalue weighted by atomic mass is 9.99. The Labute approximate surface area is 233 Å². The van der Waals surface area contributed by atoms with E-state index in [1.165, 1.54) is 16.9 Å². The molecule has 1 amide bonds. The van der Waals surface area contributed by atoms with E-state index in [9.17, 15) is 10.1 Å². The first-order chi connectivity index (χ1) is 18.7. The van der Waals surface area contributed by atoms with Crippen LogP contribution in [0.4, 0.5) is 16.5 Å². The fourth-order valence-corrected chi connectivity index (χ4v) is 6.32. The number of pyridine rings is 1. The van der Waals surface area contributed by atoms with E-state index in [2.05, 4.69) is 42.4 Å². The van der Waals surface area contributed by atoms with Gasteiger partial charge in [0.15, 0.2) is 0 Å². The molecule has 0 radical (unpaired) electrons. The number of morpholine rings is 1. The van der Waals surface area contributed by atoms with Crippen molar-refractivity contribution < 1.29 is 9.53 Å². The van der Waals surface area contributed by atoms with E-state index in [4.69, 9.17) is 10.5 Å². The van der Waals surface area contributed by atoms with Gasteiger partial charge in [0.05, 0.1) is 22.4 Å². The van der Waals surface area contributed by atoms with Gasteiger partial charge in [0.25, 0.3) is 5.91 Å². The third-order valence-electron chi connectivity index (χ3n) is 7.06. The molecular formula is C31H33N5O2S. The summed E-state index contributed by atoms with van der Waals surface area (Å²) in [6, 6.07) is 18.5. The van der Waals surface area contributed by atoms with E-state index in [-0.39, 0.29) is 23.9 Å². The van der Waals surface area contributed by atoms with Crippen LogP contribution in [0.5, 0.6) is 0 Å². The summed E-state index contributed by atoms with van der Waals surface area (Å²) < 4.78 is 6.64. The summed E-state index contributed by atoms with van der Waals surface area (Å²) in [7, 11) is 0. The van der Waals surface area contributed by atoms with E-state index in [0.717, 1.165) is 21.5 Å². The maximum absolute atomic E-state index is 14.2. The van der Waals surface area contributed by atoms with Crippen molar-refractivity contribution in [2.24, 2.45) is 0 Å². The van der Waals surface area contributed by atoms with Crippen LogP contribution < -0.4 is 11.1 Å². The molecule has 1 aliphatic rings. The van der Waals surface area contributed by atoms with Crippen LogP contribution in [0.15, 0.2) is 48.5 Å². The molecule has 8 heteroatoms. The standard InChI is InChI=1S/C31H33N5O2S/c1-17(2)21-10-12-23(13-11-21)34-30-26(31(37)36-15-19(4)38-20(5)16-36)27-28(39-30)25(24(14-32)29(33)35-27)22-8-6-18(3)7-9-22/h6-13,17,19-20,34H,15-16H2,1-5H3,(H2,33,35). The van der Waals surface area contributed by atoms with Gasteiger partial charge >= 0.3 is 0 Å². The normalized spacial score (nSPS) is 17.4. The number of benzene rings is 2. The van der Waals surface area contributed by atoms with Gasteiger partial charge in [-0.25, -0.2) is 4.98 Å². The second-order valence-corrected chi connectivity index (χ2v) is 11.6. The van der Waals surface area contributed by atoms with Crippen LogP contribution in [0.1, 0.15) is 60.7 Å². The molecule has 2 unspecified atom stereocenters. The van der Waals surface area contributed by atoms with Crippen LogP contribution >= 0.6 is 11.3 Å². The lowest BCUT2D eigenvalue weighted by Gasteiger charge is -2.35. The van der Waals surface area contributed by atoms with Crippen LogP contribution in [0.3, 0.4) is 0 Å². The summed E-state index contributed by atoms with van der Waals surface area (Å²) in [6.45, 7) is 11.3. The van der Waals surface area contributed by atoms with Gasteiger partial charge in [-0.15, -0.1) is 11.3 Å². The van der Waals surface area contributed by atoms with Crippen LogP contribution in [0.2, 0.25) is 0 Å². The number of carbonyl (C=O) groups excluding carboxylic acids is 1. The molecule has 5 rings (SSSR count). The lowest BCUT2D eigenvalue weighted by molar-refractivity contribution is -0.0585. The molecule has 2 aromatic carbocycles. The highest BCUT2D eigenvalue weighted by Gasteiger charge is 2.32. The van der Waals surface area contributed by atoms with E-state index in [1.807, 2.05) is 62.1 Å². The zero-order valence-corrected chi connectivity index (χ0v) is 23.7. The molecule has 0 saturated carbocycles. The van der Waals surface area contributed by atoms with Crippen molar-refractivity contribution in [1.82, 2.24) is 9.88 Å². The molecule has 7 nitrogen and oxygen atoms in total. The molecule has 3 N–H and O–H groups in total.